The lowest BCUT2D eigenvalue weighted by atomic mass is 9.85. The molecule has 2 atom stereocenters. The predicted molar refractivity (Wildman–Crippen MR) is 149 cm³/mol. The largest absolute Gasteiger partial charge is 0.492 e. The molecule has 0 radical (unpaired) electrons. The molecule has 1 aliphatic heterocycles. The maximum absolute atomic E-state index is 6.66. The Balaban J connectivity index is 1.26. The molecule has 36 heavy (non-hydrogen) atoms. The van der Waals surface area contributed by atoms with Gasteiger partial charge in [0, 0.05) is 29.4 Å². The number of hydrogen-bond donors (Lipinski definition) is 3. The molecule has 0 spiro atoms. The van der Waals surface area contributed by atoms with Gasteiger partial charge in [0.15, 0.2) is 5.96 Å². The third-order valence-electron chi connectivity index (χ3n) is 8.02. The Hall–Kier alpha value is -3.25. The number of anilines is 1. The van der Waals surface area contributed by atoms with Gasteiger partial charge in [-0.2, -0.15) is 0 Å². The van der Waals surface area contributed by atoms with Crippen LogP contribution < -0.4 is 21.5 Å². The molecule has 0 bridgehead atoms. The SMILES string of the molecule is Cc1cccc(C)c1C1=CC2(C)CC2(N=C(N)Nc2cccc(OCCN3CCCCC3)c2)C(N)=C1. The van der Waals surface area contributed by atoms with E-state index in [4.69, 9.17) is 21.2 Å². The highest BCUT2D eigenvalue weighted by Crippen LogP contribution is 2.65. The van der Waals surface area contributed by atoms with Crippen molar-refractivity contribution in [2.75, 3.05) is 31.6 Å². The average molecular weight is 486 g/mol. The van der Waals surface area contributed by atoms with Crippen molar-refractivity contribution in [3.63, 3.8) is 0 Å². The first-order chi connectivity index (χ1) is 17.3. The summed E-state index contributed by atoms with van der Waals surface area (Å²) in [6.07, 6.45) is 9.18. The Kier molecular flexibility index (Phi) is 6.56. The zero-order valence-electron chi connectivity index (χ0n) is 21.8. The van der Waals surface area contributed by atoms with E-state index in [9.17, 15) is 0 Å². The van der Waals surface area contributed by atoms with Gasteiger partial charge in [0.25, 0.3) is 0 Å². The van der Waals surface area contributed by atoms with E-state index >= 15 is 0 Å². The van der Waals surface area contributed by atoms with E-state index in [0.717, 1.165) is 30.1 Å². The number of aryl methyl sites for hydroxylation is 2. The van der Waals surface area contributed by atoms with Gasteiger partial charge in [-0.1, -0.05) is 43.7 Å². The van der Waals surface area contributed by atoms with Gasteiger partial charge in [0.05, 0.1) is 0 Å². The molecule has 3 aliphatic rings. The summed E-state index contributed by atoms with van der Waals surface area (Å²) in [5, 5.41) is 3.25. The van der Waals surface area contributed by atoms with Crippen molar-refractivity contribution in [2.45, 2.75) is 52.0 Å². The van der Waals surface area contributed by atoms with Crippen LogP contribution >= 0.6 is 0 Å². The van der Waals surface area contributed by atoms with Crippen molar-refractivity contribution in [1.29, 1.82) is 0 Å². The Morgan fingerprint density at radius 1 is 1.08 bits per heavy atom. The van der Waals surface area contributed by atoms with Crippen molar-refractivity contribution in [3.8, 4) is 5.75 Å². The number of likely N-dealkylation sites (tertiary alicyclic amines) is 1. The quantitative estimate of drug-likeness (QED) is 0.380. The molecule has 1 saturated carbocycles. The second kappa shape index (κ2) is 9.66. The number of aliphatic imine (C=N–C) groups is 1. The Bertz CT molecular complexity index is 1210. The van der Waals surface area contributed by atoms with Crippen LogP contribution in [0.2, 0.25) is 0 Å². The molecule has 0 aromatic heterocycles. The van der Waals surface area contributed by atoms with Crippen LogP contribution in [-0.2, 0) is 0 Å². The van der Waals surface area contributed by atoms with E-state index in [1.54, 1.807) is 0 Å². The second-order valence-corrected chi connectivity index (χ2v) is 10.8. The van der Waals surface area contributed by atoms with Gasteiger partial charge in [-0.25, -0.2) is 4.99 Å². The highest BCUT2D eigenvalue weighted by molar-refractivity contribution is 5.94. The second-order valence-electron chi connectivity index (χ2n) is 10.8. The third kappa shape index (κ3) is 4.74. The molecule has 5 rings (SSSR count). The number of nitrogens with one attached hydrogen (secondary N) is 1. The molecular formula is C30H39N5O. The van der Waals surface area contributed by atoms with Gasteiger partial charge in [-0.3, -0.25) is 4.90 Å². The number of hydrogen-bond acceptors (Lipinski definition) is 4. The molecule has 6 heteroatoms. The van der Waals surface area contributed by atoms with E-state index in [0.29, 0.717) is 12.6 Å². The lowest BCUT2D eigenvalue weighted by molar-refractivity contribution is 0.183. The minimum absolute atomic E-state index is 0.151. The van der Waals surface area contributed by atoms with E-state index in [-0.39, 0.29) is 5.41 Å². The van der Waals surface area contributed by atoms with E-state index < -0.39 is 5.54 Å². The number of nitrogens with zero attached hydrogens (tertiary/aromatic N) is 2. The van der Waals surface area contributed by atoms with E-state index in [1.165, 1.54) is 54.6 Å². The topological polar surface area (TPSA) is 88.9 Å². The third-order valence-corrected chi connectivity index (χ3v) is 8.02. The average Bonchev–Trinajstić information content (AvgIpc) is 3.45. The summed E-state index contributed by atoms with van der Waals surface area (Å²) in [5.41, 5.74) is 19.0. The molecule has 0 amide bonds. The number of ether oxygens (including phenoxy) is 1. The molecule has 2 fully saturated rings. The minimum atomic E-state index is -0.493. The molecule has 2 aliphatic carbocycles. The number of guanidine groups is 1. The van der Waals surface area contributed by atoms with Crippen molar-refractivity contribution in [2.24, 2.45) is 21.9 Å². The summed E-state index contributed by atoms with van der Waals surface area (Å²) in [6, 6.07) is 14.3. The van der Waals surface area contributed by atoms with Crippen molar-refractivity contribution in [1.82, 2.24) is 4.90 Å². The van der Waals surface area contributed by atoms with Crippen LogP contribution in [0.15, 0.2) is 65.3 Å². The Labute approximate surface area is 215 Å². The monoisotopic (exact) mass is 485 g/mol. The summed E-state index contributed by atoms with van der Waals surface area (Å²) in [7, 11) is 0. The lowest BCUT2D eigenvalue weighted by Crippen LogP contribution is -2.33. The highest BCUT2D eigenvalue weighted by atomic mass is 16.5. The fourth-order valence-electron chi connectivity index (χ4n) is 5.93. The van der Waals surface area contributed by atoms with Crippen LogP contribution in [0, 0.1) is 19.3 Å². The zero-order valence-corrected chi connectivity index (χ0v) is 21.8. The Morgan fingerprint density at radius 3 is 2.53 bits per heavy atom. The van der Waals surface area contributed by atoms with Crippen LogP contribution in [0.4, 0.5) is 5.69 Å². The maximum atomic E-state index is 6.66. The molecule has 190 valence electrons. The van der Waals surface area contributed by atoms with Crippen molar-refractivity contribution < 1.29 is 4.74 Å². The predicted octanol–water partition coefficient (Wildman–Crippen LogP) is 4.98. The highest BCUT2D eigenvalue weighted by Gasteiger charge is 2.67. The van der Waals surface area contributed by atoms with Crippen LogP contribution in [0.3, 0.4) is 0 Å². The van der Waals surface area contributed by atoms with Crippen LogP contribution in [0.25, 0.3) is 5.57 Å². The minimum Gasteiger partial charge on any atom is -0.492 e. The van der Waals surface area contributed by atoms with Crippen LogP contribution in [-0.4, -0.2) is 42.6 Å². The first-order valence-corrected chi connectivity index (χ1v) is 13.1. The Morgan fingerprint density at radius 2 is 1.81 bits per heavy atom. The lowest BCUT2D eigenvalue weighted by Gasteiger charge is -2.26. The summed E-state index contributed by atoms with van der Waals surface area (Å²) < 4.78 is 6.02. The number of fused-ring (bicyclic) bond motifs is 1. The number of benzene rings is 2. The molecule has 1 saturated heterocycles. The fraction of sp³-hybridized carbons (Fsp3) is 0.433. The van der Waals surface area contributed by atoms with Gasteiger partial charge in [0.2, 0.25) is 0 Å². The standard InChI is InChI=1S/C30H39N5O/c1-21-9-7-10-22(2)27(21)23-17-26(31)30(20-29(30,3)19-23)34-28(32)33-24-11-8-12-25(18-24)36-16-15-35-13-5-4-6-14-35/h7-12,17-19H,4-6,13-16,20,31H2,1-3H3,(H3,32,33,34). The molecule has 2 aromatic carbocycles. The smallest absolute Gasteiger partial charge is 0.194 e. The number of piperidine rings is 1. The van der Waals surface area contributed by atoms with E-state index in [1.807, 2.05) is 24.3 Å². The summed E-state index contributed by atoms with van der Waals surface area (Å²) in [6.45, 7) is 10.5. The summed E-state index contributed by atoms with van der Waals surface area (Å²) in [4.78, 5) is 7.39. The van der Waals surface area contributed by atoms with Gasteiger partial charge in [0.1, 0.15) is 17.9 Å². The molecule has 5 N–H and O–H groups in total. The molecule has 1 heterocycles. The van der Waals surface area contributed by atoms with Crippen LogP contribution in [0.1, 0.15) is 49.3 Å². The summed E-state index contributed by atoms with van der Waals surface area (Å²) >= 11 is 0. The first-order valence-electron chi connectivity index (χ1n) is 13.1. The molecule has 6 nitrogen and oxygen atoms in total. The number of allylic oxidation sites excluding steroid dienone is 2. The van der Waals surface area contributed by atoms with E-state index in [2.05, 4.69) is 61.3 Å². The van der Waals surface area contributed by atoms with Gasteiger partial charge < -0.3 is 21.5 Å². The maximum Gasteiger partial charge on any atom is 0.194 e. The van der Waals surface area contributed by atoms with Gasteiger partial charge in [-0.15, -0.1) is 0 Å². The normalized spacial score (nSPS) is 26.0. The zero-order chi connectivity index (χ0) is 25.3. The van der Waals surface area contributed by atoms with Crippen molar-refractivity contribution >= 4 is 17.2 Å². The number of rotatable bonds is 7. The number of nitrogens with two attached hydrogens (primary N) is 2. The van der Waals surface area contributed by atoms with Crippen LogP contribution in [0.5, 0.6) is 5.75 Å². The molecule has 2 aromatic rings. The summed E-state index contributed by atoms with van der Waals surface area (Å²) in [5.74, 6) is 1.20. The molecule has 2 unspecified atom stereocenters. The van der Waals surface area contributed by atoms with Crippen molar-refractivity contribution in [3.05, 3.63) is 77.0 Å². The van der Waals surface area contributed by atoms with Gasteiger partial charge in [-0.05, 0) is 86.7 Å². The first kappa shape index (κ1) is 24.4. The fourth-order valence-corrected chi connectivity index (χ4v) is 5.93. The molecular weight excluding hydrogens is 446 g/mol. The van der Waals surface area contributed by atoms with Gasteiger partial charge >= 0.3 is 0 Å².